The van der Waals surface area contributed by atoms with E-state index in [0.29, 0.717) is 34.2 Å². The number of aliphatic hydroxyl groups excluding tert-OH is 1. The van der Waals surface area contributed by atoms with Crippen molar-refractivity contribution < 1.29 is 34.0 Å². The van der Waals surface area contributed by atoms with Gasteiger partial charge in [0.25, 0.3) is 5.91 Å². The van der Waals surface area contributed by atoms with Crippen LogP contribution in [-0.4, -0.2) is 55.6 Å². The second-order valence-electron chi connectivity index (χ2n) is 8.69. The van der Waals surface area contributed by atoms with Crippen molar-refractivity contribution >= 4 is 29.2 Å². The standard InChI is InChI=1S/C25H32ClNO7/c1-16(32-4)20(33-5)8-6-7-9-21-18-12-17(26)10-11-19(18)27(14-25(2,3)15-28)24(31)22(34-21)13-23(29)30/h6-8,10-12,21-22,28H,1,9,13-15H2,2-5H3,(H,29,30)/b7-6-,20-8+/t21-,22-/m1/s1. The van der Waals surface area contributed by atoms with E-state index in [1.54, 1.807) is 30.4 Å². The van der Waals surface area contributed by atoms with Gasteiger partial charge in [0.15, 0.2) is 11.5 Å². The van der Waals surface area contributed by atoms with E-state index in [9.17, 15) is 19.8 Å². The Morgan fingerprint density at radius 1 is 1.29 bits per heavy atom. The molecule has 2 rings (SSSR count). The third-order valence-corrected chi connectivity index (χ3v) is 5.58. The Labute approximate surface area is 205 Å². The number of allylic oxidation sites excluding steroid dienone is 2. The van der Waals surface area contributed by atoms with Crippen LogP contribution >= 0.6 is 11.6 Å². The molecule has 1 aromatic carbocycles. The van der Waals surface area contributed by atoms with Crippen LogP contribution in [0.3, 0.4) is 0 Å². The van der Waals surface area contributed by atoms with Gasteiger partial charge in [-0.2, -0.15) is 0 Å². The fourth-order valence-corrected chi connectivity index (χ4v) is 3.68. The summed E-state index contributed by atoms with van der Waals surface area (Å²) in [5.74, 6) is -0.815. The van der Waals surface area contributed by atoms with E-state index in [2.05, 4.69) is 6.58 Å². The second-order valence-corrected chi connectivity index (χ2v) is 9.12. The molecule has 0 radical (unpaired) electrons. The molecule has 1 aliphatic rings. The highest BCUT2D eigenvalue weighted by Crippen LogP contribution is 2.39. The Bertz CT molecular complexity index is 970. The molecule has 186 valence electrons. The highest BCUT2D eigenvalue weighted by atomic mass is 35.5. The number of aliphatic hydroxyl groups is 1. The lowest BCUT2D eigenvalue weighted by Gasteiger charge is -2.32. The fraction of sp³-hybridized carbons (Fsp3) is 0.440. The van der Waals surface area contributed by atoms with Gasteiger partial charge in [-0.1, -0.05) is 44.2 Å². The van der Waals surface area contributed by atoms with Gasteiger partial charge in [0.05, 0.1) is 26.7 Å². The number of ether oxygens (including phenoxy) is 3. The van der Waals surface area contributed by atoms with Crippen molar-refractivity contribution in [1.82, 2.24) is 0 Å². The molecule has 0 saturated carbocycles. The van der Waals surface area contributed by atoms with E-state index in [-0.39, 0.29) is 13.2 Å². The average Bonchev–Trinajstić information content (AvgIpc) is 2.88. The van der Waals surface area contributed by atoms with E-state index >= 15 is 0 Å². The number of anilines is 1. The minimum Gasteiger partial charge on any atom is -0.494 e. The molecule has 1 heterocycles. The van der Waals surface area contributed by atoms with Gasteiger partial charge in [0.1, 0.15) is 6.10 Å². The van der Waals surface area contributed by atoms with E-state index in [1.165, 1.54) is 19.1 Å². The zero-order valence-electron chi connectivity index (χ0n) is 19.9. The molecular formula is C25H32ClNO7. The smallest absolute Gasteiger partial charge is 0.306 e. The number of carboxylic acids is 1. The predicted molar refractivity (Wildman–Crippen MR) is 130 cm³/mol. The molecule has 8 nitrogen and oxygen atoms in total. The van der Waals surface area contributed by atoms with Crippen molar-refractivity contribution in [3.63, 3.8) is 0 Å². The number of rotatable bonds is 11. The summed E-state index contributed by atoms with van der Waals surface area (Å²) in [7, 11) is 2.99. The minimum atomic E-state index is -1.20. The lowest BCUT2D eigenvalue weighted by molar-refractivity contribution is -0.148. The van der Waals surface area contributed by atoms with Gasteiger partial charge in [-0.25, -0.2) is 0 Å². The van der Waals surface area contributed by atoms with Crippen LogP contribution in [0.1, 0.15) is 38.4 Å². The molecule has 0 bridgehead atoms. The summed E-state index contributed by atoms with van der Waals surface area (Å²) in [4.78, 5) is 26.4. The number of aliphatic carboxylic acids is 1. The SMILES string of the molecule is C=C(OC)/C(=C\C=C/C[C@H]1O[C@H](CC(=O)O)C(=O)N(CC(C)(C)CO)c2ccc(Cl)cc21)OC. The molecule has 0 aliphatic carbocycles. The summed E-state index contributed by atoms with van der Waals surface area (Å²) in [5, 5.41) is 19.6. The Kier molecular flexibility index (Phi) is 9.73. The van der Waals surface area contributed by atoms with Crippen LogP contribution in [0.5, 0.6) is 0 Å². The molecule has 9 heteroatoms. The van der Waals surface area contributed by atoms with Crippen molar-refractivity contribution in [2.75, 3.05) is 32.3 Å². The van der Waals surface area contributed by atoms with E-state index in [1.807, 2.05) is 19.9 Å². The van der Waals surface area contributed by atoms with Crippen LogP contribution in [0.25, 0.3) is 0 Å². The van der Waals surface area contributed by atoms with Gasteiger partial charge in [-0.05, 0) is 30.7 Å². The number of hydrogen-bond donors (Lipinski definition) is 2. The van der Waals surface area contributed by atoms with Gasteiger partial charge in [-0.15, -0.1) is 0 Å². The lowest BCUT2D eigenvalue weighted by Crippen LogP contribution is -2.45. The third kappa shape index (κ3) is 7.09. The fourth-order valence-electron chi connectivity index (χ4n) is 3.50. The third-order valence-electron chi connectivity index (χ3n) is 5.35. The van der Waals surface area contributed by atoms with Crippen LogP contribution in [-0.2, 0) is 23.8 Å². The number of methoxy groups -OCH3 is 2. The summed E-state index contributed by atoms with van der Waals surface area (Å²) in [6.45, 7) is 7.42. The number of benzene rings is 1. The zero-order valence-corrected chi connectivity index (χ0v) is 20.7. The number of carbonyl (C=O) groups excluding carboxylic acids is 1. The number of nitrogens with zero attached hydrogens (tertiary/aromatic N) is 1. The summed E-state index contributed by atoms with van der Waals surface area (Å²) >= 11 is 6.27. The van der Waals surface area contributed by atoms with Crippen molar-refractivity contribution in [2.45, 2.75) is 38.9 Å². The van der Waals surface area contributed by atoms with Crippen LogP contribution in [0.15, 0.2) is 54.5 Å². The van der Waals surface area contributed by atoms with Gasteiger partial charge in [0.2, 0.25) is 0 Å². The Morgan fingerprint density at radius 2 is 2.00 bits per heavy atom. The first-order valence-corrected chi connectivity index (χ1v) is 11.1. The number of amides is 1. The molecule has 1 aliphatic heterocycles. The van der Waals surface area contributed by atoms with Gasteiger partial charge in [-0.3, -0.25) is 9.59 Å². The molecular weight excluding hydrogens is 462 g/mol. The molecule has 0 fully saturated rings. The Hall–Kier alpha value is -2.81. The van der Waals surface area contributed by atoms with Crippen LogP contribution in [0, 0.1) is 5.41 Å². The quantitative estimate of drug-likeness (QED) is 0.351. The zero-order chi connectivity index (χ0) is 25.5. The molecule has 34 heavy (non-hydrogen) atoms. The molecule has 0 saturated heterocycles. The number of halogens is 1. The maximum Gasteiger partial charge on any atom is 0.306 e. The summed E-state index contributed by atoms with van der Waals surface area (Å²) in [6.07, 6.45) is 3.24. The second kappa shape index (κ2) is 12.1. The molecule has 2 N–H and O–H groups in total. The molecule has 0 spiro atoms. The van der Waals surface area contributed by atoms with Crippen LogP contribution in [0.4, 0.5) is 5.69 Å². The first-order chi connectivity index (χ1) is 16.0. The first-order valence-electron chi connectivity index (χ1n) is 10.8. The van der Waals surface area contributed by atoms with Crippen molar-refractivity contribution in [1.29, 1.82) is 0 Å². The molecule has 0 aromatic heterocycles. The maximum absolute atomic E-state index is 13.4. The normalized spacial score (nSPS) is 19.1. The summed E-state index contributed by atoms with van der Waals surface area (Å²) in [6, 6.07) is 5.10. The molecule has 1 amide bonds. The van der Waals surface area contributed by atoms with Crippen molar-refractivity contribution in [2.24, 2.45) is 5.41 Å². The average molecular weight is 494 g/mol. The van der Waals surface area contributed by atoms with Crippen LogP contribution < -0.4 is 4.90 Å². The topological polar surface area (TPSA) is 106 Å². The number of hydrogen-bond acceptors (Lipinski definition) is 6. The summed E-state index contributed by atoms with van der Waals surface area (Å²) in [5.41, 5.74) is 0.609. The molecule has 0 unspecified atom stereocenters. The minimum absolute atomic E-state index is 0.155. The first kappa shape index (κ1) is 27.4. The van der Waals surface area contributed by atoms with E-state index < -0.39 is 35.9 Å². The van der Waals surface area contributed by atoms with E-state index in [0.717, 1.165) is 0 Å². The molecule has 2 atom stereocenters. The summed E-state index contributed by atoms with van der Waals surface area (Å²) < 4.78 is 16.4. The maximum atomic E-state index is 13.4. The highest BCUT2D eigenvalue weighted by molar-refractivity contribution is 6.30. The number of carboxylic acid groups (broad SMARTS) is 1. The van der Waals surface area contributed by atoms with Crippen molar-refractivity contribution in [3.8, 4) is 0 Å². The van der Waals surface area contributed by atoms with Gasteiger partial charge in [0, 0.05) is 34.8 Å². The highest BCUT2D eigenvalue weighted by Gasteiger charge is 2.38. The van der Waals surface area contributed by atoms with Gasteiger partial charge < -0.3 is 29.3 Å². The van der Waals surface area contributed by atoms with Crippen LogP contribution in [0.2, 0.25) is 5.02 Å². The predicted octanol–water partition coefficient (Wildman–Crippen LogP) is 4.24. The lowest BCUT2D eigenvalue weighted by atomic mass is 9.93. The van der Waals surface area contributed by atoms with E-state index in [4.69, 9.17) is 25.8 Å². The number of carbonyl (C=O) groups is 2. The Balaban J connectivity index is 2.48. The number of fused-ring (bicyclic) bond motifs is 1. The largest absolute Gasteiger partial charge is 0.494 e. The van der Waals surface area contributed by atoms with Gasteiger partial charge >= 0.3 is 5.97 Å². The molecule has 1 aromatic rings. The monoisotopic (exact) mass is 493 g/mol. The Morgan fingerprint density at radius 3 is 2.59 bits per heavy atom. The van der Waals surface area contributed by atoms with Crippen molar-refractivity contribution in [3.05, 3.63) is 65.1 Å².